The Morgan fingerprint density at radius 2 is 1.79 bits per heavy atom. The molecule has 4 heteroatoms. The van der Waals surface area contributed by atoms with Gasteiger partial charge >= 0.3 is 0 Å². The summed E-state index contributed by atoms with van der Waals surface area (Å²) in [6, 6.07) is 17.7. The van der Waals surface area contributed by atoms with Gasteiger partial charge in [-0.2, -0.15) is 5.26 Å². The summed E-state index contributed by atoms with van der Waals surface area (Å²) in [5.74, 6) is 0.953. The molecule has 4 rings (SSSR count). The first kappa shape index (κ1) is 15.0. The zero-order valence-corrected chi connectivity index (χ0v) is 13.7. The van der Waals surface area contributed by atoms with Gasteiger partial charge in [-0.05, 0) is 49.8 Å². The van der Waals surface area contributed by atoms with Gasteiger partial charge in [0.15, 0.2) is 0 Å². The minimum absolute atomic E-state index is 0.331. The van der Waals surface area contributed by atoms with Crippen LogP contribution in [-0.2, 0) is 5.41 Å². The van der Waals surface area contributed by atoms with E-state index in [2.05, 4.69) is 39.9 Å². The molecular formula is C20H22N4. The van der Waals surface area contributed by atoms with Gasteiger partial charge in [-0.15, -0.1) is 0 Å². The summed E-state index contributed by atoms with van der Waals surface area (Å²) in [7, 11) is 0. The van der Waals surface area contributed by atoms with E-state index in [1.165, 1.54) is 19.3 Å². The van der Waals surface area contributed by atoms with E-state index < -0.39 is 0 Å². The van der Waals surface area contributed by atoms with E-state index in [1.54, 1.807) is 0 Å². The summed E-state index contributed by atoms with van der Waals surface area (Å²) in [4.78, 5) is 4.49. The quantitative estimate of drug-likeness (QED) is 0.872. The lowest BCUT2D eigenvalue weighted by Crippen LogP contribution is -2.47. The number of hydrogen-bond acceptors (Lipinski definition) is 4. The summed E-state index contributed by atoms with van der Waals surface area (Å²) in [6.07, 6.45) is 7.39. The highest BCUT2D eigenvalue weighted by atomic mass is 15.0. The van der Waals surface area contributed by atoms with Crippen molar-refractivity contribution in [1.29, 1.82) is 5.26 Å². The Bertz CT molecular complexity index is 722. The van der Waals surface area contributed by atoms with E-state index in [0.29, 0.717) is 12.1 Å². The number of rotatable bonds is 5. The van der Waals surface area contributed by atoms with Crippen LogP contribution in [0.4, 0.5) is 11.5 Å². The van der Waals surface area contributed by atoms with Crippen molar-refractivity contribution < 1.29 is 0 Å². The van der Waals surface area contributed by atoms with Crippen molar-refractivity contribution in [1.82, 2.24) is 4.98 Å². The largest absolute Gasteiger partial charge is 0.381 e. The Hall–Kier alpha value is -2.54. The van der Waals surface area contributed by atoms with E-state index in [4.69, 9.17) is 0 Å². The molecule has 2 saturated carbocycles. The predicted molar refractivity (Wildman–Crippen MR) is 95.9 cm³/mol. The molecule has 0 aliphatic heterocycles. The topological polar surface area (TPSA) is 60.7 Å². The minimum Gasteiger partial charge on any atom is -0.381 e. The monoisotopic (exact) mass is 318 g/mol. The molecule has 2 N–H and O–H groups in total. The molecule has 4 nitrogen and oxygen atoms in total. The molecular weight excluding hydrogens is 296 g/mol. The molecule has 1 aromatic heterocycles. The predicted octanol–water partition coefficient (Wildman–Crippen LogP) is 4.08. The van der Waals surface area contributed by atoms with Crippen LogP contribution in [0.5, 0.6) is 0 Å². The van der Waals surface area contributed by atoms with Crippen molar-refractivity contribution in [2.24, 2.45) is 0 Å². The second-order valence-electron chi connectivity index (χ2n) is 7.01. The molecule has 0 saturated heterocycles. The first-order valence-corrected chi connectivity index (χ1v) is 8.73. The number of hydrogen-bond donors (Lipinski definition) is 2. The summed E-state index contributed by atoms with van der Waals surface area (Å²) in [5, 5.41) is 16.6. The van der Waals surface area contributed by atoms with Crippen LogP contribution in [0.3, 0.4) is 0 Å². The van der Waals surface area contributed by atoms with E-state index in [9.17, 15) is 5.26 Å². The number of nitrogens with zero attached hydrogens (tertiary/aromatic N) is 2. The van der Waals surface area contributed by atoms with Gasteiger partial charge < -0.3 is 10.6 Å². The van der Waals surface area contributed by atoms with Crippen LogP contribution in [0, 0.1) is 11.3 Å². The molecule has 0 bridgehead atoms. The second-order valence-corrected chi connectivity index (χ2v) is 7.01. The minimum atomic E-state index is -0.335. The smallest absolute Gasteiger partial charge is 0.126 e. The van der Waals surface area contributed by atoms with E-state index >= 15 is 0 Å². The van der Waals surface area contributed by atoms with Gasteiger partial charge in [-0.3, -0.25) is 0 Å². The normalized spacial score (nSPS) is 25.9. The maximum Gasteiger partial charge on any atom is 0.126 e. The second kappa shape index (κ2) is 6.16. The van der Waals surface area contributed by atoms with Gasteiger partial charge in [0.2, 0.25) is 0 Å². The third kappa shape index (κ3) is 2.82. The molecule has 122 valence electrons. The van der Waals surface area contributed by atoms with Crippen LogP contribution in [0.25, 0.3) is 0 Å². The zero-order chi connectivity index (χ0) is 16.4. The van der Waals surface area contributed by atoms with Crippen molar-refractivity contribution in [2.75, 3.05) is 10.6 Å². The highest BCUT2D eigenvalue weighted by Gasteiger charge is 2.46. The Labute approximate surface area is 142 Å². The van der Waals surface area contributed by atoms with Gasteiger partial charge in [0.05, 0.1) is 23.4 Å². The molecule has 2 aliphatic rings. The van der Waals surface area contributed by atoms with Gasteiger partial charge in [0.1, 0.15) is 5.82 Å². The van der Waals surface area contributed by atoms with Gasteiger partial charge in [0.25, 0.3) is 0 Å². The Morgan fingerprint density at radius 3 is 2.38 bits per heavy atom. The summed E-state index contributed by atoms with van der Waals surface area (Å²) in [5.41, 5.74) is 1.82. The number of pyridine rings is 1. The first-order valence-electron chi connectivity index (χ1n) is 8.73. The van der Waals surface area contributed by atoms with E-state index in [1.807, 2.05) is 30.5 Å². The lowest BCUT2D eigenvalue weighted by atomic mass is 9.62. The van der Waals surface area contributed by atoms with E-state index in [0.717, 1.165) is 29.9 Å². The number of nitriles is 1. The van der Waals surface area contributed by atoms with Crippen molar-refractivity contribution in [2.45, 2.75) is 49.6 Å². The molecule has 2 fully saturated rings. The molecule has 24 heavy (non-hydrogen) atoms. The molecule has 0 atom stereocenters. The maximum absolute atomic E-state index is 9.62. The average molecular weight is 318 g/mol. The fraction of sp³-hybridized carbons (Fsp3) is 0.400. The Morgan fingerprint density at radius 1 is 1.00 bits per heavy atom. The van der Waals surface area contributed by atoms with Gasteiger partial charge in [-0.25, -0.2) is 4.98 Å². The van der Waals surface area contributed by atoms with Crippen LogP contribution in [-0.4, -0.2) is 17.1 Å². The SMILES string of the molecule is N#CC1(c2ccccc2)CC(Nc2ccc(NC3CCC3)nc2)C1. The molecule has 1 heterocycles. The average Bonchev–Trinajstić information content (AvgIpc) is 2.56. The third-order valence-corrected chi connectivity index (χ3v) is 5.32. The van der Waals surface area contributed by atoms with Crippen molar-refractivity contribution in [3.63, 3.8) is 0 Å². The van der Waals surface area contributed by atoms with Crippen LogP contribution in [0.2, 0.25) is 0 Å². The summed E-state index contributed by atoms with van der Waals surface area (Å²) >= 11 is 0. The lowest BCUT2D eigenvalue weighted by Gasteiger charge is -2.43. The fourth-order valence-electron chi connectivity index (χ4n) is 3.59. The zero-order valence-electron chi connectivity index (χ0n) is 13.7. The molecule has 0 radical (unpaired) electrons. The first-order chi connectivity index (χ1) is 11.8. The molecule has 1 aromatic carbocycles. The highest BCUT2D eigenvalue weighted by Crippen LogP contribution is 2.44. The van der Waals surface area contributed by atoms with Crippen LogP contribution < -0.4 is 10.6 Å². The Balaban J connectivity index is 1.35. The van der Waals surface area contributed by atoms with Crippen molar-refractivity contribution >= 4 is 11.5 Å². The number of nitrogens with one attached hydrogen (secondary N) is 2. The maximum atomic E-state index is 9.62. The van der Waals surface area contributed by atoms with Crippen molar-refractivity contribution in [3.05, 3.63) is 54.2 Å². The van der Waals surface area contributed by atoms with Crippen LogP contribution in [0.15, 0.2) is 48.7 Å². The molecule has 2 aliphatic carbocycles. The summed E-state index contributed by atoms with van der Waals surface area (Å²) < 4.78 is 0. The van der Waals surface area contributed by atoms with Crippen molar-refractivity contribution in [3.8, 4) is 6.07 Å². The van der Waals surface area contributed by atoms with Crippen LogP contribution >= 0.6 is 0 Å². The molecule has 0 amide bonds. The molecule has 2 aromatic rings. The van der Waals surface area contributed by atoms with Gasteiger partial charge in [0, 0.05) is 12.1 Å². The van der Waals surface area contributed by atoms with E-state index in [-0.39, 0.29) is 5.41 Å². The number of aromatic nitrogens is 1. The lowest BCUT2D eigenvalue weighted by molar-refractivity contribution is 0.289. The number of benzene rings is 1. The fourth-order valence-corrected chi connectivity index (χ4v) is 3.59. The molecule has 0 unspecified atom stereocenters. The Kier molecular flexibility index (Phi) is 3.86. The van der Waals surface area contributed by atoms with Gasteiger partial charge in [-0.1, -0.05) is 30.3 Å². The molecule has 0 spiro atoms. The third-order valence-electron chi connectivity index (χ3n) is 5.32. The summed E-state index contributed by atoms with van der Waals surface area (Å²) in [6.45, 7) is 0. The van der Waals surface area contributed by atoms with Crippen LogP contribution in [0.1, 0.15) is 37.7 Å². The number of anilines is 2. The standard InChI is InChI=1S/C20H22N4/c21-14-20(15-5-2-1-3-6-15)11-18(12-20)23-17-9-10-19(22-13-17)24-16-7-4-8-16/h1-3,5-6,9-10,13,16,18,23H,4,7-8,11-12H2,(H,22,24). The highest BCUT2D eigenvalue weighted by molar-refractivity contribution is 5.50.